The van der Waals surface area contributed by atoms with E-state index in [2.05, 4.69) is 10.4 Å². The normalized spacial score (nSPS) is 16.0. The molecule has 1 fully saturated rings. The number of aromatic nitrogens is 2. The third kappa shape index (κ3) is 3.67. The minimum Gasteiger partial charge on any atom is -0.322 e. The van der Waals surface area contributed by atoms with Gasteiger partial charge in [-0.3, -0.25) is 9.48 Å². The van der Waals surface area contributed by atoms with E-state index < -0.39 is 5.54 Å². The van der Waals surface area contributed by atoms with E-state index in [4.69, 9.17) is 5.73 Å². The zero-order valence-electron chi connectivity index (χ0n) is 12.4. The Labute approximate surface area is 136 Å². The number of carbonyl (C=O) groups is 1. The molecule has 0 spiro atoms. The fraction of sp³-hybridized carbons (Fsp3) is 0.375. The molecule has 1 aliphatic rings. The van der Waals surface area contributed by atoms with Crippen LogP contribution in [-0.4, -0.2) is 21.2 Å². The Kier molecular flexibility index (Phi) is 5.21. The van der Waals surface area contributed by atoms with Gasteiger partial charge in [0.15, 0.2) is 0 Å². The molecule has 1 aromatic heterocycles. The number of hydrogen-bond acceptors (Lipinski definition) is 3. The van der Waals surface area contributed by atoms with E-state index in [1.165, 1.54) is 5.56 Å². The minimum absolute atomic E-state index is 0. The highest BCUT2D eigenvalue weighted by molar-refractivity contribution is 5.97. The van der Waals surface area contributed by atoms with Crippen LogP contribution in [-0.2, 0) is 11.3 Å². The van der Waals surface area contributed by atoms with Crippen molar-refractivity contribution in [3.63, 3.8) is 0 Å². The Morgan fingerprint density at radius 1 is 1.27 bits per heavy atom. The summed E-state index contributed by atoms with van der Waals surface area (Å²) in [5.41, 5.74) is 7.31. The second-order valence-electron chi connectivity index (χ2n) is 5.73. The highest BCUT2D eigenvalue weighted by Crippen LogP contribution is 2.28. The van der Waals surface area contributed by atoms with Gasteiger partial charge in [-0.25, -0.2) is 0 Å². The molecule has 6 heteroatoms. The van der Waals surface area contributed by atoms with E-state index in [1.807, 2.05) is 41.2 Å². The van der Waals surface area contributed by atoms with Gasteiger partial charge in [0, 0.05) is 6.20 Å². The first-order valence-corrected chi connectivity index (χ1v) is 7.32. The lowest BCUT2D eigenvalue weighted by molar-refractivity contribution is -0.121. The van der Waals surface area contributed by atoms with Crippen molar-refractivity contribution in [1.29, 1.82) is 0 Å². The largest absolute Gasteiger partial charge is 0.322 e. The Hall–Kier alpha value is -1.85. The number of nitrogens with zero attached hydrogens (tertiary/aromatic N) is 2. The van der Waals surface area contributed by atoms with Crippen LogP contribution in [0.25, 0.3) is 0 Å². The van der Waals surface area contributed by atoms with Gasteiger partial charge in [-0.1, -0.05) is 43.2 Å². The first kappa shape index (κ1) is 16.5. The fourth-order valence-corrected chi connectivity index (χ4v) is 2.77. The van der Waals surface area contributed by atoms with Crippen LogP contribution >= 0.6 is 12.4 Å². The summed E-state index contributed by atoms with van der Waals surface area (Å²) in [6, 6.07) is 10.1. The van der Waals surface area contributed by atoms with Gasteiger partial charge in [0.25, 0.3) is 0 Å². The number of rotatable bonds is 4. The zero-order valence-corrected chi connectivity index (χ0v) is 13.2. The predicted molar refractivity (Wildman–Crippen MR) is 89.0 cm³/mol. The lowest BCUT2D eigenvalue weighted by Gasteiger charge is -2.21. The van der Waals surface area contributed by atoms with Gasteiger partial charge in [0.2, 0.25) is 5.91 Å². The number of benzene rings is 1. The third-order valence-electron chi connectivity index (χ3n) is 4.03. The monoisotopic (exact) mass is 320 g/mol. The molecule has 0 aliphatic heterocycles. The fourth-order valence-electron chi connectivity index (χ4n) is 2.77. The van der Waals surface area contributed by atoms with Crippen LogP contribution in [0.1, 0.15) is 31.2 Å². The average molecular weight is 321 g/mol. The van der Waals surface area contributed by atoms with Crippen molar-refractivity contribution in [2.45, 2.75) is 37.8 Å². The first-order chi connectivity index (χ1) is 10.2. The smallest absolute Gasteiger partial charge is 0.244 e. The molecule has 5 nitrogen and oxygen atoms in total. The SMILES string of the molecule is Cl.NC1(C(=O)Nc2cnn(Cc3ccccc3)c2)CCCC1. The Bertz CT molecular complexity index is 620. The number of hydrogen-bond donors (Lipinski definition) is 2. The van der Waals surface area contributed by atoms with Gasteiger partial charge in [-0.2, -0.15) is 5.10 Å². The molecule has 1 aromatic carbocycles. The molecule has 1 heterocycles. The maximum absolute atomic E-state index is 12.2. The topological polar surface area (TPSA) is 72.9 Å². The van der Waals surface area contributed by atoms with Crippen molar-refractivity contribution in [2.24, 2.45) is 5.73 Å². The van der Waals surface area contributed by atoms with Crippen molar-refractivity contribution < 1.29 is 4.79 Å². The second kappa shape index (κ2) is 6.94. The van der Waals surface area contributed by atoms with E-state index in [9.17, 15) is 4.79 Å². The Morgan fingerprint density at radius 2 is 1.95 bits per heavy atom. The van der Waals surface area contributed by atoms with Gasteiger partial charge < -0.3 is 11.1 Å². The zero-order chi connectivity index (χ0) is 14.7. The van der Waals surface area contributed by atoms with Crippen LogP contribution < -0.4 is 11.1 Å². The summed E-state index contributed by atoms with van der Waals surface area (Å²) in [6.45, 7) is 0.685. The van der Waals surface area contributed by atoms with E-state index >= 15 is 0 Å². The predicted octanol–water partition coefficient (Wildman–Crippen LogP) is 2.56. The molecule has 3 N–H and O–H groups in total. The van der Waals surface area contributed by atoms with Crippen molar-refractivity contribution in [3.8, 4) is 0 Å². The summed E-state index contributed by atoms with van der Waals surface area (Å²) >= 11 is 0. The number of halogens is 1. The second-order valence-corrected chi connectivity index (χ2v) is 5.73. The molecule has 2 aromatic rings. The van der Waals surface area contributed by atoms with Crippen molar-refractivity contribution >= 4 is 24.0 Å². The number of anilines is 1. The molecule has 22 heavy (non-hydrogen) atoms. The number of carbonyl (C=O) groups excluding carboxylic acids is 1. The number of nitrogens with one attached hydrogen (secondary N) is 1. The standard InChI is InChI=1S/C16H20N4O.ClH/c17-16(8-4-5-9-16)15(21)19-14-10-18-20(12-14)11-13-6-2-1-3-7-13;/h1-3,6-7,10,12H,4-5,8-9,11,17H2,(H,19,21);1H. The lowest BCUT2D eigenvalue weighted by Crippen LogP contribution is -2.48. The average Bonchev–Trinajstić information content (AvgIpc) is 3.10. The molecule has 1 aliphatic carbocycles. The van der Waals surface area contributed by atoms with Crippen molar-refractivity contribution in [1.82, 2.24) is 9.78 Å². The van der Waals surface area contributed by atoms with E-state index in [1.54, 1.807) is 6.20 Å². The van der Waals surface area contributed by atoms with Crippen LogP contribution in [0.15, 0.2) is 42.7 Å². The molecular weight excluding hydrogens is 300 g/mol. The quantitative estimate of drug-likeness (QED) is 0.909. The van der Waals surface area contributed by atoms with Gasteiger partial charge in [0.05, 0.1) is 24.0 Å². The minimum atomic E-state index is -0.707. The summed E-state index contributed by atoms with van der Waals surface area (Å²) in [4.78, 5) is 12.2. The van der Waals surface area contributed by atoms with Crippen LogP contribution in [0.4, 0.5) is 5.69 Å². The van der Waals surface area contributed by atoms with Crippen molar-refractivity contribution in [2.75, 3.05) is 5.32 Å². The van der Waals surface area contributed by atoms with Gasteiger partial charge in [0.1, 0.15) is 0 Å². The highest BCUT2D eigenvalue weighted by atomic mass is 35.5. The van der Waals surface area contributed by atoms with Gasteiger partial charge in [-0.15, -0.1) is 12.4 Å². The van der Waals surface area contributed by atoms with Gasteiger partial charge >= 0.3 is 0 Å². The molecule has 0 unspecified atom stereocenters. The number of nitrogens with two attached hydrogens (primary N) is 1. The van der Waals surface area contributed by atoms with Crippen LogP contribution in [0.5, 0.6) is 0 Å². The van der Waals surface area contributed by atoms with E-state index in [-0.39, 0.29) is 18.3 Å². The molecule has 0 bridgehead atoms. The highest BCUT2D eigenvalue weighted by Gasteiger charge is 2.37. The molecule has 1 saturated carbocycles. The molecule has 0 radical (unpaired) electrons. The van der Waals surface area contributed by atoms with Crippen LogP contribution in [0.3, 0.4) is 0 Å². The maximum atomic E-state index is 12.2. The maximum Gasteiger partial charge on any atom is 0.244 e. The molecule has 0 atom stereocenters. The number of amides is 1. The summed E-state index contributed by atoms with van der Waals surface area (Å²) in [5.74, 6) is -0.0979. The van der Waals surface area contributed by atoms with Crippen LogP contribution in [0.2, 0.25) is 0 Å². The summed E-state index contributed by atoms with van der Waals surface area (Å²) in [6.07, 6.45) is 7.07. The van der Waals surface area contributed by atoms with E-state index in [0.29, 0.717) is 12.2 Å². The molecular formula is C16H21ClN4O. The van der Waals surface area contributed by atoms with Gasteiger partial charge in [-0.05, 0) is 18.4 Å². The molecule has 3 rings (SSSR count). The Morgan fingerprint density at radius 3 is 2.64 bits per heavy atom. The summed E-state index contributed by atoms with van der Waals surface area (Å²) in [5, 5.41) is 7.16. The molecule has 1 amide bonds. The van der Waals surface area contributed by atoms with Crippen LogP contribution in [0, 0.1) is 0 Å². The van der Waals surface area contributed by atoms with E-state index in [0.717, 1.165) is 25.7 Å². The van der Waals surface area contributed by atoms with Crippen molar-refractivity contribution in [3.05, 3.63) is 48.3 Å². The summed E-state index contributed by atoms with van der Waals surface area (Å²) in [7, 11) is 0. The third-order valence-corrected chi connectivity index (χ3v) is 4.03. The summed E-state index contributed by atoms with van der Waals surface area (Å²) < 4.78 is 1.81. The molecule has 0 saturated heterocycles. The first-order valence-electron chi connectivity index (χ1n) is 7.32. The lowest BCUT2D eigenvalue weighted by atomic mass is 9.98. The molecule has 118 valence electrons. The Balaban J connectivity index is 0.00000176.